The summed E-state index contributed by atoms with van der Waals surface area (Å²) in [6, 6.07) is 14.0. The van der Waals surface area contributed by atoms with Crippen LogP contribution in [-0.2, 0) is 5.41 Å². The third-order valence-electron chi connectivity index (χ3n) is 3.67. The summed E-state index contributed by atoms with van der Waals surface area (Å²) in [5.41, 5.74) is 7.08. The van der Waals surface area contributed by atoms with E-state index in [2.05, 4.69) is 48.7 Å². The SMILES string of the molecule is Cc1c(Cl)cccc1NC(=S)NN=Cc1ccc(C(C)(C)C)cc1. The summed E-state index contributed by atoms with van der Waals surface area (Å²) in [6.07, 6.45) is 1.74. The Morgan fingerprint density at radius 2 is 1.79 bits per heavy atom. The second kappa shape index (κ2) is 7.77. The van der Waals surface area contributed by atoms with Crippen molar-refractivity contribution in [3.8, 4) is 0 Å². The zero-order valence-electron chi connectivity index (χ0n) is 14.4. The number of thiocarbonyl (C=S) groups is 1. The first-order valence-electron chi connectivity index (χ1n) is 7.73. The highest BCUT2D eigenvalue weighted by Gasteiger charge is 2.12. The van der Waals surface area contributed by atoms with Crippen LogP contribution in [0.2, 0.25) is 5.02 Å². The molecule has 126 valence electrons. The Morgan fingerprint density at radius 3 is 2.42 bits per heavy atom. The number of nitrogens with one attached hydrogen (secondary N) is 2. The summed E-state index contributed by atoms with van der Waals surface area (Å²) in [7, 11) is 0. The van der Waals surface area contributed by atoms with Gasteiger partial charge in [0.2, 0.25) is 0 Å². The molecule has 0 aromatic heterocycles. The molecule has 2 rings (SSSR count). The predicted molar refractivity (Wildman–Crippen MR) is 108 cm³/mol. The van der Waals surface area contributed by atoms with E-state index in [4.69, 9.17) is 23.8 Å². The molecule has 0 radical (unpaired) electrons. The van der Waals surface area contributed by atoms with Crippen LogP contribution in [0, 0.1) is 6.92 Å². The van der Waals surface area contributed by atoms with E-state index in [9.17, 15) is 0 Å². The highest BCUT2D eigenvalue weighted by atomic mass is 35.5. The zero-order valence-corrected chi connectivity index (χ0v) is 15.9. The maximum absolute atomic E-state index is 6.09. The van der Waals surface area contributed by atoms with Gasteiger partial charge in [-0.15, -0.1) is 0 Å². The summed E-state index contributed by atoms with van der Waals surface area (Å²) in [5, 5.41) is 8.38. The predicted octanol–water partition coefficient (Wildman–Crippen LogP) is 5.27. The Kier molecular flexibility index (Phi) is 5.97. The Morgan fingerprint density at radius 1 is 1.12 bits per heavy atom. The molecule has 0 amide bonds. The molecule has 0 aliphatic heterocycles. The minimum Gasteiger partial charge on any atom is -0.331 e. The van der Waals surface area contributed by atoms with E-state index in [0.717, 1.165) is 16.8 Å². The molecule has 2 aromatic carbocycles. The number of nitrogens with zero attached hydrogens (tertiary/aromatic N) is 1. The highest BCUT2D eigenvalue weighted by Crippen LogP contribution is 2.23. The van der Waals surface area contributed by atoms with Crippen molar-refractivity contribution in [2.45, 2.75) is 33.1 Å². The molecule has 3 nitrogen and oxygen atoms in total. The minimum absolute atomic E-state index is 0.147. The molecule has 0 bridgehead atoms. The summed E-state index contributed by atoms with van der Waals surface area (Å²) in [4.78, 5) is 0. The summed E-state index contributed by atoms with van der Waals surface area (Å²) >= 11 is 11.3. The average molecular weight is 360 g/mol. The van der Waals surface area contributed by atoms with Gasteiger partial charge in [0.25, 0.3) is 0 Å². The summed E-state index contributed by atoms with van der Waals surface area (Å²) < 4.78 is 0. The van der Waals surface area contributed by atoms with Crippen LogP contribution in [0.4, 0.5) is 5.69 Å². The van der Waals surface area contributed by atoms with Crippen molar-refractivity contribution in [2.24, 2.45) is 5.10 Å². The molecular formula is C19H22ClN3S. The maximum atomic E-state index is 6.09. The molecular weight excluding hydrogens is 338 g/mol. The largest absolute Gasteiger partial charge is 0.331 e. The Bertz CT molecular complexity index is 746. The quantitative estimate of drug-likeness (QED) is 0.445. The lowest BCUT2D eigenvalue weighted by Crippen LogP contribution is -2.24. The molecule has 0 saturated heterocycles. The number of hydrazone groups is 1. The first kappa shape index (κ1) is 18.4. The maximum Gasteiger partial charge on any atom is 0.191 e. The average Bonchev–Trinajstić information content (AvgIpc) is 2.51. The third-order valence-corrected chi connectivity index (χ3v) is 4.28. The van der Waals surface area contributed by atoms with Gasteiger partial charge in [0, 0.05) is 10.7 Å². The van der Waals surface area contributed by atoms with Crippen molar-refractivity contribution < 1.29 is 0 Å². The van der Waals surface area contributed by atoms with Gasteiger partial charge in [0.15, 0.2) is 5.11 Å². The summed E-state index contributed by atoms with van der Waals surface area (Å²) in [5.74, 6) is 0. The van der Waals surface area contributed by atoms with Gasteiger partial charge in [-0.25, -0.2) is 0 Å². The van der Waals surface area contributed by atoms with E-state index in [0.29, 0.717) is 10.1 Å². The molecule has 0 heterocycles. The third kappa shape index (κ3) is 5.05. The van der Waals surface area contributed by atoms with Crippen LogP contribution in [-0.4, -0.2) is 11.3 Å². The second-order valence-corrected chi connectivity index (χ2v) is 7.42. The van der Waals surface area contributed by atoms with E-state index >= 15 is 0 Å². The lowest BCUT2D eigenvalue weighted by molar-refractivity contribution is 0.590. The van der Waals surface area contributed by atoms with E-state index in [1.807, 2.05) is 37.3 Å². The van der Waals surface area contributed by atoms with Crippen molar-refractivity contribution in [1.82, 2.24) is 5.43 Å². The fraction of sp³-hybridized carbons (Fsp3) is 0.263. The molecule has 2 aromatic rings. The van der Waals surface area contributed by atoms with E-state index in [1.54, 1.807) is 6.21 Å². The first-order chi connectivity index (χ1) is 11.3. The van der Waals surface area contributed by atoms with Gasteiger partial charge in [0.1, 0.15) is 0 Å². The van der Waals surface area contributed by atoms with Gasteiger partial charge in [-0.2, -0.15) is 5.10 Å². The molecule has 0 unspecified atom stereocenters. The van der Waals surface area contributed by atoms with Gasteiger partial charge in [-0.3, -0.25) is 5.43 Å². The lowest BCUT2D eigenvalue weighted by Gasteiger charge is -2.18. The smallest absolute Gasteiger partial charge is 0.191 e. The van der Waals surface area contributed by atoms with E-state index in [1.165, 1.54) is 5.56 Å². The number of rotatable bonds is 3. The molecule has 0 atom stereocenters. The molecule has 0 aliphatic carbocycles. The Balaban J connectivity index is 1.94. The number of hydrogen-bond acceptors (Lipinski definition) is 2. The standard InChI is InChI=1S/C19H22ClN3S/c1-13-16(20)6-5-7-17(13)22-18(24)23-21-12-14-8-10-15(11-9-14)19(2,3)4/h5-12H,1-4H3,(H2,22,23,24). The van der Waals surface area contributed by atoms with Crippen molar-refractivity contribution in [3.63, 3.8) is 0 Å². The Labute approximate surface area is 154 Å². The van der Waals surface area contributed by atoms with Crippen molar-refractivity contribution in [2.75, 3.05) is 5.32 Å². The first-order valence-corrected chi connectivity index (χ1v) is 8.52. The molecule has 0 fully saturated rings. The molecule has 0 saturated carbocycles. The van der Waals surface area contributed by atoms with Crippen LogP contribution in [0.5, 0.6) is 0 Å². The lowest BCUT2D eigenvalue weighted by atomic mass is 9.87. The molecule has 2 N–H and O–H groups in total. The number of hydrogen-bond donors (Lipinski definition) is 2. The number of anilines is 1. The van der Waals surface area contributed by atoms with Crippen LogP contribution >= 0.6 is 23.8 Å². The monoisotopic (exact) mass is 359 g/mol. The van der Waals surface area contributed by atoms with Crippen LogP contribution in [0.1, 0.15) is 37.5 Å². The van der Waals surface area contributed by atoms with E-state index in [-0.39, 0.29) is 5.41 Å². The molecule has 5 heteroatoms. The van der Waals surface area contributed by atoms with Crippen LogP contribution < -0.4 is 10.7 Å². The molecule has 24 heavy (non-hydrogen) atoms. The van der Waals surface area contributed by atoms with Gasteiger partial charge in [0.05, 0.1) is 6.21 Å². The van der Waals surface area contributed by atoms with Crippen LogP contribution in [0.3, 0.4) is 0 Å². The zero-order chi connectivity index (χ0) is 17.7. The van der Waals surface area contributed by atoms with Crippen LogP contribution in [0.25, 0.3) is 0 Å². The highest BCUT2D eigenvalue weighted by molar-refractivity contribution is 7.80. The fourth-order valence-electron chi connectivity index (χ4n) is 2.13. The topological polar surface area (TPSA) is 36.4 Å². The van der Waals surface area contributed by atoms with Crippen molar-refractivity contribution in [1.29, 1.82) is 0 Å². The fourth-order valence-corrected chi connectivity index (χ4v) is 2.46. The summed E-state index contributed by atoms with van der Waals surface area (Å²) in [6.45, 7) is 8.52. The number of halogens is 1. The minimum atomic E-state index is 0.147. The molecule has 0 spiro atoms. The van der Waals surface area contributed by atoms with Crippen molar-refractivity contribution in [3.05, 3.63) is 64.2 Å². The van der Waals surface area contributed by atoms with Gasteiger partial charge in [-0.1, -0.05) is 62.7 Å². The molecule has 0 aliphatic rings. The van der Waals surface area contributed by atoms with Crippen LogP contribution in [0.15, 0.2) is 47.6 Å². The van der Waals surface area contributed by atoms with Gasteiger partial charge < -0.3 is 5.32 Å². The van der Waals surface area contributed by atoms with Gasteiger partial charge in [-0.05, 0) is 53.4 Å². The van der Waals surface area contributed by atoms with E-state index < -0.39 is 0 Å². The van der Waals surface area contributed by atoms with Gasteiger partial charge >= 0.3 is 0 Å². The number of benzene rings is 2. The Hall–Kier alpha value is -1.91. The van der Waals surface area contributed by atoms with Crippen molar-refractivity contribution >= 4 is 40.8 Å². The second-order valence-electron chi connectivity index (χ2n) is 6.61. The normalized spacial score (nSPS) is 11.5.